The molecule has 1 N–H and O–H groups in total. The van der Waals surface area contributed by atoms with E-state index in [1.54, 1.807) is 36.3 Å². The third-order valence-corrected chi connectivity index (χ3v) is 8.60. The maximum Gasteiger partial charge on any atom is 0.416 e. The van der Waals surface area contributed by atoms with Gasteiger partial charge in [-0.15, -0.1) is 5.10 Å². The van der Waals surface area contributed by atoms with Gasteiger partial charge in [-0.2, -0.15) is 22.7 Å². The van der Waals surface area contributed by atoms with Gasteiger partial charge in [0.2, 0.25) is 11.7 Å². The lowest BCUT2D eigenvalue weighted by Gasteiger charge is -2.33. The van der Waals surface area contributed by atoms with E-state index in [-0.39, 0.29) is 41.2 Å². The number of hydrogen-bond donors (Lipinski definition) is 1. The number of carbonyl (C=O) groups excluding carboxylic acids is 2. The van der Waals surface area contributed by atoms with E-state index >= 15 is 0 Å². The average molecular weight is 705 g/mol. The summed E-state index contributed by atoms with van der Waals surface area (Å²) in [5, 5.41) is 6.88. The molecular weight excluding hydrogens is 665 g/mol. The highest BCUT2D eigenvalue weighted by Gasteiger charge is 2.40. The standard InChI is InChI=1S/C34H40ClF3N6O5/c1-8-26-23(14-20-16-33(6,7)43(17-20)31(47)49-32(3,4)5)29(46)44-30(40-28(41-44)21-11-12-48-19(2)13-21)42(26)18-27(45)39-25-10-9-22(15-24(25)35)34(36,37)38/h9-10,13-15,19H,8,11-12,16-18H2,1-7H3,(H,39,45)/b20-14+. The fourth-order valence-electron chi connectivity index (χ4n) is 6.08. The molecule has 0 spiro atoms. The van der Waals surface area contributed by atoms with Crippen molar-refractivity contribution < 1.29 is 32.2 Å². The Morgan fingerprint density at radius 3 is 2.55 bits per heavy atom. The first-order valence-electron chi connectivity index (χ1n) is 16.0. The van der Waals surface area contributed by atoms with E-state index in [9.17, 15) is 27.6 Å². The van der Waals surface area contributed by atoms with E-state index in [4.69, 9.17) is 26.1 Å². The zero-order valence-electron chi connectivity index (χ0n) is 28.5. The average Bonchev–Trinajstić information content (AvgIpc) is 3.56. The Kier molecular flexibility index (Phi) is 9.78. The Morgan fingerprint density at radius 1 is 1.22 bits per heavy atom. The van der Waals surface area contributed by atoms with Gasteiger partial charge in [0.15, 0.2) is 5.82 Å². The summed E-state index contributed by atoms with van der Waals surface area (Å²) in [5.74, 6) is -0.172. The number of benzene rings is 1. The topological polar surface area (TPSA) is 120 Å². The van der Waals surface area contributed by atoms with Crippen LogP contribution in [0.5, 0.6) is 0 Å². The van der Waals surface area contributed by atoms with Gasteiger partial charge in [-0.3, -0.25) is 14.5 Å². The molecule has 11 nitrogen and oxygen atoms in total. The Bertz CT molecular complexity index is 1920. The summed E-state index contributed by atoms with van der Waals surface area (Å²) in [6, 6.07) is 2.66. The van der Waals surface area contributed by atoms with Gasteiger partial charge in [-0.25, -0.2) is 4.79 Å². The van der Waals surface area contributed by atoms with E-state index < -0.39 is 40.4 Å². The molecule has 1 atom stereocenters. The largest absolute Gasteiger partial charge is 0.444 e. The number of halogens is 4. The summed E-state index contributed by atoms with van der Waals surface area (Å²) in [6.45, 7) is 13.3. The smallest absolute Gasteiger partial charge is 0.416 e. The van der Waals surface area contributed by atoms with Crippen LogP contribution in [0.15, 0.2) is 34.6 Å². The molecule has 2 amide bonds. The van der Waals surface area contributed by atoms with Gasteiger partial charge in [0.1, 0.15) is 12.1 Å². The highest BCUT2D eigenvalue weighted by Crippen LogP contribution is 2.36. The molecule has 0 bridgehead atoms. The molecule has 0 aliphatic carbocycles. The van der Waals surface area contributed by atoms with Crippen molar-refractivity contribution >= 4 is 46.7 Å². The maximum absolute atomic E-state index is 14.2. The van der Waals surface area contributed by atoms with Crippen molar-refractivity contribution in [1.82, 2.24) is 24.1 Å². The molecule has 49 heavy (non-hydrogen) atoms. The second-order valence-electron chi connectivity index (χ2n) is 13.9. The Labute approximate surface area is 286 Å². The lowest BCUT2D eigenvalue weighted by molar-refractivity contribution is -0.137. The third-order valence-electron chi connectivity index (χ3n) is 8.29. The second-order valence-corrected chi connectivity index (χ2v) is 14.3. The molecule has 1 fully saturated rings. The molecule has 0 saturated carbocycles. The number of carbonyl (C=O) groups is 2. The van der Waals surface area contributed by atoms with Crippen LogP contribution in [0.1, 0.15) is 84.0 Å². The van der Waals surface area contributed by atoms with Crippen LogP contribution in [0, 0.1) is 0 Å². The van der Waals surface area contributed by atoms with Crippen LogP contribution in [0.2, 0.25) is 5.02 Å². The van der Waals surface area contributed by atoms with Gasteiger partial charge in [0.05, 0.1) is 34.5 Å². The summed E-state index contributed by atoms with van der Waals surface area (Å²) in [5.41, 5.74) is -0.340. The number of nitrogens with zero attached hydrogens (tertiary/aromatic N) is 5. The van der Waals surface area contributed by atoms with Gasteiger partial charge in [-0.1, -0.05) is 18.5 Å². The van der Waals surface area contributed by atoms with Gasteiger partial charge < -0.3 is 19.4 Å². The molecule has 1 saturated heterocycles. The Balaban J connectivity index is 1.59. The predicted octanol–water partition coefficient (Wildman–Crippen LogP) is 6.76. The number of fused-ring (bicyclic) bond motifs is 1. The summed E-state index contributed by atoms with van der Waals surface area (Å²) in [6.07, 6.45) is -0.332. The molecular formula is C34H40ClF3N6O5. The monoisotopic (exact) mass is 704 g/mol. The molecule has 2 aromatic heterocycles. The van der Waals surface area contributed by atoms with Crippen LogP contribution in [0.3, 0.4) is 0 Å². The predicted molar refractivity (Wildman–Crippen MR) is 179 cm³/mol. The summed E-state index contributed by atoms with van der Waals surface area (Å²) < 4.78 is 53.6. The number of ether oxygens (including phenoxy) is 2. The van der Waals surface area contributed by atoms with E-state index in [0.717, 1.165) is 33.9 Å². The zero-order chi connectivity index (χ0) is 36.1. The lowest BCUT2D eigenvalue weighted by Crippen LogP contribution is -2.45. The molecule has 2 aliphatic heterocycles. The Morgan fingerprint density at radius 2 is 1.94 bits per heavy atom. The van der Waals surface area contributed by atoms with Crippen molar-refractivity contribution in [2.75, 3.05) is 18.5 Å². The fourth-order valence-corrected chi connectivity index (χ4v) is 6.31. The SMILES string of the molecule is CCc1c(/C=C2/CN(C(=O)OC(C)(C)C)C(C)(C)C2)c(=O)n2nc(C3=CC(C)OCC3)nc2n1CC(=O)Nc1ccc(C(F)(F)F)cc1Cl. The van der Waals surface area contributed by atoms with Gasteiger partial charge in [0, 0.05) is 17.8 Å². The van der Waals surface area contributed by atoms with E-state index in [1.165, 1.54) is 0 Å². The van der Waals surface area contributed by atoms with Gasteiger partial charge >= 0.3 is 12.3 Å². The number of aromatic nitrogens is 4. The van der Waals surface area contributed by atoms with E-state index in [0.29, 0.717) is 37.4 Å². The van der Waals surface area contributed by atoms with Crippen LogP contribution >= 0.6 is 11.6 Å². The molecule has 2 aliphatic rings. The third kappa shape index (κ3) is 7.85. The molecule has 3 aromatic rings. The summed E-state index contributed by atoms with van der Waals surface area (Å²) in [7, 11) is 0. The maximum atomic E-state index is 14.2. The molecule has 1 unspecified atom stereocenters. The van der Waals surface area contributed by atoms with Crippen LogP contribution < -0.4 is 10.9 Å². The van der Waals surface area contributed by atoms with Crippen LogP contribution in [-0.4, -0.2) is 66.5 Å². The minimum atomic E-state index is -4.60. The summed E-state index contributed by atoms with van der Waals surface area (Å²) in [4.78, 5) is 47.1. The molecule has 1 aromatic carbocycles. The molecule has 0 radical (unpaired) electrons. The van der Waals surface area contributed by atoms with Crippen LogP contribution in [0.4, 0.5) is 23.7 Å². The van der Waals surface area contributed by atoms with Crippen LogP contribution in [0.25, 0.3) is 17.4 Å². The number of nitrogens with one attached hydrogen (secondary N) is 1. The van der Waals surface area contributed by atoms with Crippen molar-refractivity contribution in [1.29, 1.82) is 0 Å². The number of likely N-dealkylation sites (tertiary alicyclic amines) is 1. The van der Waals surface area contributed by atoms with Crippen molar-refractivity contribution in [2.24, 2.45) is 0 Å². The molecule has 264 valence electrons. The quantitative estimate of drug-likeness (QED) is 0.301. The minimum absolute atomic E-state index is 0.00366. The molecule has 5 rings (SSSR count). The van der Waals surface area contributed by atoms with Gasteiger partial charge in [-0.05, 0) is 102 Å². The first-order chi connectivity index (χ1) is 22.8. The van der Waals surface area contributed by atoms with Crippen molar-refractivity contribution in [2.45, 2.75) is 97.7 Å². The fraction of sp³-hybridized carbons (Fsp3) is 0.500. The van der Waals surface area contributed by atoms with E-state index in [2.05, 4.69) is 10.4 Å². The van der Waals surface area contributed by atoms with Gasteiger partial charge in [0.25, 0.3) is 5.56 Å². The summed E-state index contributed by atoms with van der Waals surface area (Å²) >= 11 is 6.12. The highest BCUT2D eigenvalue weighted by molar-refractivity contribution is 6.33. The number of amides is 2. The zero-order valence-corrected chi connectivity index (χ0v) is 29.3. The Hall–Kier alpha value is -4.17. The minimum Gasteiger partial charge on any atom is -0.444 e. The lowest BCUT2D eigenvalue weighted by atomic mass is 9.98. The second kappa shape index (κ2) is 13.3. The number of hydrogen-bond acceptors (Lipinski definition) is 7. The first-order valence-corrected chi connectivity index (χ1v) is 16.4. The van der Waals surface area contributed by atoms with E-state index in [1.807, 2.05) is 33.8 Å². The van der Waals surface area contributed by atoms with Crippen molar-refractivity contribution in [3.05, 3.63) is 67.9 Å². The molecule has 4 heterocycles. The van der Waals surface area contributed by atoms with Crippen molar-refractivity contribution in [3.8, 4) is 0 Å². The number of alkyl halides is 3. The molecule has 15 heteroatoms. The number of anilines is 1. The van der Waals surface area contributed by atoms with Crippen molar-refractivity contribution in [3.63, 3.8) is 0 Å². The first kappa shape index (κ1) is 36.1. The van der Waals surface area contributed by atoms with Crippen LogP contribution in [-0.2, 0) is 33.4 Å². The highest BCUT2D eigenvalue weighted by atomic mass is 35.5. The normalized spacial score (nSPS) is 19.0. The number of rotatable bonds is 6.